The molecule has 0 radical (unpaired) electrons. The minimum absolute atomic E-state index is 0.148. The van der Waals surface area contributed by atoms with E-state index in [4.69, 9.17) is 18.9 Å². The fourth-order valence-corrected chi connectivity index (χ4v) is 2.45. The van der Waals surface area contributed by atoms with Gasteiger partial charge in [-0.1, -0.05) is 22.0 Å². The van der Waals surface area contributed by atoms with Gasteiger partial charge in [-0.25, -0.2) is 9.59 Å². The lowest BCUT2D eigenvalue weighted by Crippen LogP contribution is -2.12. The molecule has 2 rings (SSSR count). The van der Waals surface area contributed by atoms with Crippen molar-refractivity contribution in [2.75, 3.05) is 26.9 Å². The van der Waals surface area contributed by atoms with E-state index in [0.29, 0.717) is 19.0 Å². The third-order valence-corrected chi connectivity index (χ3v) is 3.76. The van der Waals surface area contributed by atoms with Crippen LogP contribution in [0, 0.1) is 0 Å². The number of benzene rings is 2. The maximum Gasteiger partial charge on any atom is 0.347 e. The summed E-state index contributed by atoms with van der Waals surface area (Å²) in [6.45, 7) is 2.71. The van der Waals surface area contributed by atoms with Gasteiger partial charge >= 0.3 is 11.9 Å². The lowest BCUT2D eigenvalue weighted by molar-refractivity contribution is 0.0387. The van der Waals surface area contributed by atoms with Crippen LogP contribution in [0.3, 0.4) is 0 Å². The maximum absolute atomic E-state index is 12.5. The molecule has 138 valence electrons. The van der Waals surface area contributed by atoms with Crippen LogP contribution in [-0.4, -0.2) is 38.9 Å². The van der Waals surface area contributed by atoms with E-state index in [0.717, 1.165) is 4.47 Å². The first-order valence-corrected chi connectivity index (χ1v) is 8.75. The van der Waals surface area contributed by atoms with Gasteiger partial charge in [0.15, 0.2) is 0 Å². The minimum Gasteiger partial charge on any atom is -0.493 e. The number of carbonyl (C=O) groups excluding carboxylic acids is 2. The zero-order valence-electron chi connectivity index (χ0n) is 14.5. The molecule has 0 fully saturated rings. The summed E-state index contributed by atoms with van der Waals surface area (Å²) in [5.74, 6) is -0.438. The summed E-state index contributed by atoms with van der Waals surface area (Å²) < 4.78 is 21.5. The molecule has 0 heterocycles. The van der Waals surface area contributed by atoms with Gasteiger partial charge in [0.25, 0.3) is 0 Å². The van der Waals surface area contributed by atoms with E-state index in [2.05, 4.69) is 15.9 Å². The van der Waals surface area contributed by atoms with Crippen molar-refractivity contribution in [3.05, 3.63) is 58.1 Å². The monoisotopic (exact) mass is 422 g/mol. The summed E-state index contributed by atoms with van der Waals surface area (Å²) in [6, 6.07) is 11.3. The largest absolute Gasteiger partial charge is 0.493 e. The van der Waals surface area contributed by atoms with Crippen molar-refractivity contribution in [3.8, 4) is 11.5 Å². The predicted molar refractivity (Wildman–Crippen MR) is 98.9 cm³/mol. The van der Waals surface area contributed by atoms with Crippen LogP contribution in [0.1, 0.15) is 27.6 Å². The number of methoxy groups -OCH3 is 1. The summed E-state index contributed by atoms with van der Waals surface area (Å²) >= 11 is 3.33. The summed E-state index contributed by atoms with van der Waals surface area (Å²) in [4.78, 5) is 24.5. The molecular formula is C19H19BrO6. The number of hydrogen-bond acceptors (Lipinski definition) is 6. The lowest BCUT2D eigenvalue weighted by Gasteiger charge is -2.11. The van der Waals surface area contributed by atoms with Crippen molar-refractivity contribution in [1.82, 2.24) is 0 Å². The Morgan fingerprint density at radius 3 is 2.58 bits per heavy atom. The second-order valence-electron chi connectivity index (χ2n) is 5.12. The lowest BCUT2D eigenvalue weighted by atomic mass is 10.2. The highest BCUT2D eigenvalue weighted by molar-refractivity contribution is 9.10. The normalized spacial score (nSPS) is 10.3. The second-order valence-corrected chi connectivity index (χ2v) is 6.04. The fourth-order valence-electron chi connectivity index (χ4n) is 2.09. The van der Waals surface area contributed by atoms with Crippen molar-refractivity contribution in [3.63, 3.8) is 0 Å². The third kappa shape index (κ3) is 5.57. The highest BCUT2D eigenvalue weighted by Gasteiger charge is 2.17. The minimum atomic E-state index is -0.584. The van der Waals surface area contributed by atoms with Gasteiger partial charge in [0.2, 0.25) is 0 Å². The van der Waals surface area contributed by atoms with Crippen LogP contribution in [0.25, 0.3) is 0 Å². The summed E-state index contributed by atoms with van der Waals surface area (Å²) in [6.07, 6.45) is 0. The van der Waals surface area contributed by atoms with E-state index >= 15 is 0 Å². The van der Waals surface area contributed by atoms with Crippen molar-refractivity contribution in [2.24, 2.45) is 0 Å². The van der Waals surface area contributed by atoms with Gasteiger partial charge in [-0.05, 0) is 43.3 Å². The molecule has 2 aromatic carbocycles. The van der Waals surface area contributed by atoms with Gasteiger partial charge in [0, 0.05) is 11.6 Å². The van der Waals surface area contributed by atoms with Crippen molar-refractivity contribution >= 4 is 27.9 Å². The molecular weight excluding hydrogens is 404 g/mol. The Bertz CT molecular complexity index is 774. The van der Waals surface area contributed by atoms with Gasteiger partial charge in [-0.15, -0.1) is 0 Å². The smallest absolute Gasteiger partial charge is 0.347 e. The molecule has 0 aromatic heterocycles. The van der Waals surface area contributed by atoms with E-state index in [1.54, 1.807) is 36.4 Å². The van der Waals surface area contributed by atoms with Gasteiger partial charge in [-0.2, -0.15) is 0 Å². The number of ether oxygens (including phenoxy) is 4. The Morgan fingerprint density at radius 1 is 1.04 bits per heavy atom. The molecule has 0 atom stereocenters. The van der Waals surface area contributed by atoms with E-state index in [1.807, 2.05) is 6.92 Å². The number of carbonyl (C=O) groups is 2. The van der Waals surface area contributed by atoms with Crippen LogP contribution in [0.2, 0.25) is 0 Å². The zero-order valence-corrected chi connectivity index (χ0v) is 16.1. The SMILES string of the molecule is CCOc1ccc(Br)cc1C(=O)Oc1cccc(C(=O)OCCOC)c1. The first-order chi connectivity index (χ1) is 12.5. The summed E-state index contributed by atoms with van der Waals surface area (Å²) in [5.41, 5.74) is 0.569. The van der Waals surface area contributed by atoms with Crippen LogP contribution >= 0.6 is 15.9 Å². The molecule has 0 N–H and O–H groups in total. The van der Waals surface area contributed by atoms with E-state index < -0.39 is 11.9 Å². The molecule has 0 unspecified atom stereocenters. The molecule has 0 spiro atoms. The molecule has 6 nitrogen and oxygen atoms in total. The average molecular weight is 423 g/mol. The fraction of sp³-hybridized carbons (Fsp3) is 0.263. The first kappa shape index (κ1) is 19.9. The molecule has 7 heteroatoms. The van der Waals surface area contributed by atoms with Crippen molar-refractivity contribution in [1.29, 1.82) is 0 Å². The third-order valence-electron chi connectivity index (χ3n) is 3.26. The number of halogens is 1. The number of hydrogen-bond donors (Lipinski definition) is 0. The number of rotatable bonds is 8. The predicted octanol–water partition coefficient (Wildman–Crippen LogP) is 3.87. The first-order valence-electron chi connectivity index (χ1n) is 7.95. The molecule has 0 bridgehead atoms. The van der Waals surface area contributed by atoms with E-state index in [-0.39, 0.29) is 23.5 Å². The van der Waals surface area contributed by atoms with Crippen molar-refractivity contribution < 1.29 is 28.5 Å². The summed E-state index contributed by atoms with van der Waals surface area (Å²) in [5, 5.41) is 0. The van der Waals surface area contributed by atoms with Gasteiger partial charge in [0.05, 0.1) is 18.8 Å². The molecule has 2 aromatic rings. The van der Waals surface area contributed by atoms with Gasteiger partial charge in [-0.3, -0.25) is 0 Å². The molecule has 0 saturated heterocycles. The quantitative estimate of drug-likeness (QED) is 0.365. The van der Waals surface area contributed by atoms with Gasteiger partial charge in [0.1, 0.15) is 23.7 Å². The highest BCUT2D eigenvalue weighted by atomic mass is 79.9. The summed E-state index contributed by atoms with van der Waals surface area (Å²) in [7, 11) is 1.52. The Labute approximate surface area is 160 Å². The molecule has 0 amide bonds. The molecule has 0 saturated carbocycles. The van der Waals surface area contributed by atoms with Crippen LogP contribution in [0.15, 0.2) is 46.9 Å². The highest BCUT2D eigenvalue weighted by Crippen LogP contribution is 2.25. The Hall–Kier alpha value is -2.38. The number of esters is 2. The van der Waals surface area contributed by atoms with Crippen LogP contribution in [0.5, 0.6) is 11.5 Å². The van der Waals surface area contributed by atoms with Crippen molar-refractivity contribution in [2.45, 2.75) is 6.92 Å². The standard InChI is InChI=1S/C19H19BrO6/c1-3-24-17-8-7-14(20)12-16(17)19(22)26-15-6-4-5-13(11-15)18(21)25-10-9-23-2/h4-8,11-12H,3,9-10H2,1-2H3. The second kappa shape index (κ2) is 9.94. The Balaban J connectivity index is 2.13. The van der Waals surface area contributed by atoms with E-state index in [9.17, 15) is 9.59 Å². The zero-order chi connectivity index (χ0) is 18.9. The van der Waals surface area contributed by atoms with E-state index in [1.165, 1.54) is 13.2 Å². The molecule has 0 aliphatic heterocycles. The topological polar surface area (TPSA) is 71.1 Å². The maximum atomic E-state index is 12.5. The van der Waals surface area contributed by atoms with Crippen LogP contribution in [-0.2, 0) is 9.47 Å². The van der Waals surface area contributed by atoms with Crippen LogP contribution < -0.4 is 9.47 Å². The molecule has 0 aliphatic carbocycles. The van der Waals surface area contributed by atoms with Crippen LogP contribution in [0.4, 0.5) is 0 Å². The Morgan fingerprint density at radius 2 is 1.85 bits per heavy atom. The van der Waals surface area contributed by atoms with Gasteiger partial charge < -0.3 is 18.9 Å². The molecule has 0 aliphatic rings. The average Bonchev–Trinajstić information content (AvgIpc) is 2.63. The molecule has 26 heavy (non-hydrogen) atoms. The Kier molecular flexibility index (Phi) is 7.62.